The maximum absolute atomic E-state index is 12.9. The molecule has 2 saturated carbocycles. The second-order valence-electron chi connectivity index (χ2n) is 6.61. The molecule has 2 atom stereocenters. The summed E-state index contributed by atoms with van der Waals surface area (Å²) < 4.78 is 32.2. The molecule has 19 heavy (non-hydrogen) atoms. The summed E-state index contributed by atoms with van der Waals surface area (Å²) in [7, 11) is 0. The minimum absolute atomic E-state index is 0.0288. The Morgan fingerprint density at radius 1 is 1.26 bits per heavy atom. The molecule has 1 aromatic rings. The van der Waals surface area contributed by atoms with Crippen LogP contribution in [0.4, 0.5) is 0 Å². The van der Waals surface area contributed by atoms with Gasteiger partial charge in [0.05, 0.1) is 5.48 Å². The van der Waals surface area contributed by atoms with Gasteiger partial charge in [-0.1, -0.05) is 50.5 Å². The Labute approximate surface area is 121 Å². The lowest BCUT2D eigenvalue weighted by molar-refractivity contribution is -0.125. The van der Waals surface area contributed by atoms with Crippen molar-refractivity contribution >= 4 is 11.9 Å². The van der Waals surface area contributed by atoms with Gasteiger partial charge in [-0.25, -0.2) is 0 Å². The van der Waals surface area contributed by atoms with E-state index in [4.69, 9.17) is 5.48 Å². The van der Waals surface area contributed by atoms with Gasteiger partial charge in [0.15, 0.2) is 5.78 Å². The van der Waals surface area contributed by atoms with Crippen LogP contribution in [0.25, 0.3) is 6.08 Å². The zero-order valence-corrected chi connectivity index (χ0v) is 12.0. The monoisotopic (exact) mass is 258 g/mol. The molecule has 0 N–H and O–H groups in total. The molecular weight excluding hydrogens is 232 g/mol. The lowest BCUT2D eigenvalue weighted by atomic mass is 9.70. The van der Waals surface area contributed by atoms with Gasteiger partial charge in [-0.3, -0.25) is 4.79 Å². The number of Topliss-reactive ketones (excluding diaryl/α,β-unsaturated/α-hetero) is 1. The molecule has 2 bridgehead atoms. The minimum Gasteiger partial charge on any atom is -0.294 e. The highest BCUT2D eigenvalue weighted by Gasteiger charge is 2.63. The van der Waals surface area contributed by atoms with Gasteiger partial charge in [-0.05, 0) is 48.3 Å². The number of hydrogen-bond donors (Lipinski definition) is 0. The Bertz CT molecular complexity index is 734. The number of ketones is 1. The van der Waals surface area contributed by atoms with E-state index in [1.54, 1.807) is 13.0 Å². The molecule has 2 aliphatic rings. The molecule has 3 rings (SSSR count). The highest BCUT2D eigenvalue weighted by Crippen LogP contribution is 2.65. The van der Waals surface area contributed by atoms with Crippen LogP contribution in [0.15, 0.2) is 29.7 Å². The smallest absolute Gasteiger partial charge is 0.165 e. The van der Waals surface area contributed by atoms with E-state index in [1.165, 1.54) is 0 Å². The molecule has 0 heterocycles. The van der Waals surface area contributed by atoms with E-state index in [2.05, 4.69) is 13.8 Å². The molecule has 0 aromatic heterocycles. The molecule has 0 spiro atoms. The highest BCUT2D eigenvalue weighted by atomic mass is 16.1. The Hall–Kier alpha value is -1.37. The fraction of sp³-hybridized carbons (Fsp3) is 0.500. The topological polar surface area (TPSA) is 17.1 Å². The summed E-state index contributed by atoms with van der Waals surface area (Å²) in [5.74, 6) is 0.236. The van der Waals surface area contributed by atoms with Crippen molar-refractivity contribution in [3.8, 4) is 0 Å². The Morgan fingerprint density at radius 2 is 1.89 bits per heavy atom. The largest absolute Gasteiger partial charge is 0.294 e. The van der Waals surface area contributed by atoms with E-state index in [9.17, 15) is 4.79 Å². The number of benzene rings is 1. The van der Waals surface area contributed by atoms with Crippen molar-refractivity contribution in [2.45, 2.75) is 40.5 Å². The van der Waals surface area contributed by atoms with Crippen LogP contribution >= 0.6 is 0 Å². The number of carbonyl (C=O) groups excluding carboxylic acids is 1. The van der Waals surface area contributed by atoms with Gasteiger partial charge in [-0.15, -0.1) is 0 Å². The SMILES string of the molecule is [2H]c1c([2H])c(C=C2C(=O)C3(C)CCC2C3(C)C)c([2H])c([2H])c1C. The summed E-state index contributed by atoms with van der Waals surface area (Å²) in [5, 5.41) is 0. The van der Waals surface area contributed by atoms with Crippen molar-refractivity contribution in [1.29, 1.82) is 0 Å². The normalized spacial score (nSPS) is 37.2. The quantitative estimate of drug-likeness (QED) is 0.682. The zero-order chi connectivity index (χ0) is 17.3. The lowest BCUT2D eigenvalue weighted by Gasteiger charge is -2.31. The number of rotatable bonds is 1. The highest BCUT2D eigenvalue weighted by molar-refractivity contribution is 6.07. The van der Waals surface area contributed by atoms with E-state index in [0.717, 1.165) is 12.8 Å². The molecule has 1 aromatic carbocycles. The maximum Gasteiger partial charge on any atom is 0.165 e. The summed E-state index contributed by atoms with van der Waals surface area (Å²) >= 11 is 0. The van der Waals surface area contributed by atoms with Gasteiger partial charge in [0.25, 0.3) is 0 Å². The first kappa shape index (κ1) is 8.73. The van der Waals surface area contributed by atoms with Gasteiger partial charge in [0, 0.05) is 5.41 Å². The molecular formula is C18H22O. The fourth-order valence-electron chi connectivity index (χ4n) is 3.71. The third-order valence-corrected chi connectivity index (χ3v) is 5.43. The predicted octanol–water partition coefficient (Wildman–Crippen LogP) is 4.40. The molecule has 100 valence electrons. The first-order valence-corrected chi connectivity index (χ1v) is 6.87. The summed E-state index contributed by atoms with van der Waals surface area (Å²) in [6.45, 7) is 7.84. The van der Waals surface area contributed by atoms with Crippen LogP contribution in [0.1, 0.15) is 50.2 Å². The first-order valence-electron chi connectivity index (χ1n) is 8.87. The van der Waals surface area contributed by atoms with Crippen LogP contribution in [0.5, 0.6) is 0 Å². The summed E-state index contributed by atoms with van der Waals surface area (Å²) in [6.07, 6.45) is 3.44. The molecule has 0 radical (unpaired) electrons. The Kier molecular flexibility index (Phi) is 1.75. The van der Waals surface area contributed by atoms with Crippen LogP contribution in [-0.4, -0.2) is 5.78 Å². The molecule has 1 heteroatoms. The van der Waals surface area contributed by atoms with E-state index in [1.807, 2.05) is 6.92 Å². The third kappa shape index (κ3) is 1.57. The molecule has 2 fully saturated rings. The standard InChI is InChI=1S/C18H22O/c1-12-5-7-13(8-6-12)11-14-15-9-10-18(4,16(14)19)17(15,2)3/h5-8,11,15H,9-10H2,1-4H3/i5D,6D,7D,8D. The third-order valence-electron chi connectivity index (χ3n) is 5.43. The molecule has 0 aliphatic heterocycles. The van der Waals surface area contributed by atoms with Crippen LogP contribution in [0.2, 0.25) is 0 Å². The van der Waals surface area contributed by atoms with E-state index < -0.39 is 0 Å². The van der Waals surface area contributed by atoms with Crippen LogP contribution in [0.3, 0.4) is 0 Å². The van der Waals surface area contributed by atoms with Gasteiger partial charge < -0.3 is 0 Å². The van der Waals surface area contributed by atoms with Crippen molar-refractivity contribution in [1.82, 2.24) is 0 Å². The second kappa shape index (κ2) is 3.82. The average molecular weight is 258 g/mol. The van der Waals surface area contributed by atoms with Gasteiger partial charge in [-0.2, -0.15) is 0 Å². The molecule has 0 saturated heterocycles. The second-order valence-corrected chi connectivity index (χ2v) is 6.61. The van der Waals surface area contributed by atoms with Crippen molar-refractivity contribution < 1.29 is 10.3 Å². The predicted molar refractivity (Wildman–Crippen MR) is 78.8 cm³/mol. The maximum atomic E-state index is 12.9. The fourth-order valence-corrected chi connectivity index (χ4v) is 3.71. The van der Waals surface area contributed by atoms with Crippen molar-refractivity contribution in [3.05, 3.63) is 40.9 Å². The van der Waals surface area contributed by atoms with Gasteiger partial charge in [0.2, 0.25) is 0 Å². The molecule has 0 amide bonds. The molecule has 1 nitrogen and oxygen atoms in total. The number of fused-ring (bicyclic) bond motifs is 2. The zero-order valence-electron chi connectivity index (χ0n) is 16.0. The first-order chi connectivity index (χ1) is 10.5. The van der Waals surface area contributed by atoms with Crippen molar-refractivity contribution in [3.63, 3.8) is 0 Å². The minimum atomic E-state index is -0.383. The number of hydrogen-bond acceptors (Lipinski definition) is 1. The van der Waals surface area contributed by atoms with Crippen LogP contribution in [-0.2, 0) is 4.79 Å². The average Bonchev–Trinajstić information content (AvgIpc) is 2.81. The summed E-state index contributed by atoms with van der Waals surface area (Å²) in [6, 6.07) is -0.179. The molecule has 2 aliphatic carbocycles. The Balaban J connectivity index is 2.21. The van der Waals surface area contributed by atoms with Gasteiger partial charge in [0.1, 0.15) is 0 Å². The van der Waals surface area contributed by atoms with E-state index in [-0.39, 0.29) is 52.3 Å². The van der Waals surface area contributed by atoms with Crippen LogP contribution in [0, 0.1) is 23.7 Å². The summed E-state index contributed by atoms with van der Waals surface area (Å²) in [4.78, 5) is 12.9. The van der Waals surface area contributed by atoms with Crippen molar-refractivity contribution in [2.24, 2.45) is 16.7 Å². The number of carbonyl (C=O) groups is 1. The van der Waals surface area contributed by atoms with E-state index in [0.29, 0.717) is 11.1 Å². The van der Waals surface area contributed by atoms with Gasteiger partial charge >= 0.3 is 0 Å². The van der Waals surface area contributed by atoms with Crippen LogP contribution < -0.4 is 0 Å². The number of allylic oxidation sites excluding steroid dienone is 1. The summed E-state index contributed by atoms with van der Waals surface area (Å²) in [5.41, 5.74) is 0.744. The molecule has 2 unspecified atom stereocenters. The Morgan fingerprint density at radius 3 is 2.42 bits per heavy atom. The van der Waals surface area contributed by atoms with Crippen molar-refractivity contribution in [2.75, 3.05) is 0 Å². The lowest BCUT2D eigenvalue weighted by Crippen LogP contribution is -2.32. The van der Waals surface area contributed by atoms with E-state index >= 15 is 0 Å².